The van der Waals surface area contributed by atoms with E-state index in [0.29, 0.717) is 17.8 Å². The van der Waals surface area contributed by atoms with E-state index in [1.807, 2.05) is 0 Å². The van der Waals surface area contributed by atoms with Crippen molar-refractivity contribution < 1.29 is 4.79 Å². The third kappa shape index (κ3) is 2.38. The molecule has 2 N–H and O–H groups in total. The van der Waals surface area contributed by atoms with E-state index in [1.165, 1.54) is 6.42 Å². The summed E-state index contributed by atoms with van der Waals surface area (Å²) in [5.74, 6) is 1.78. The van der Waals surface area contributed by atoms with E-state index >= 15 is 0 Å². The maximum atomic E-state index is 12.3. The smallest absolute Gasteiger partial charge is 0.252 e. The molecule has 4 heteroatoms. The van der Waals surface area contributed by atoms with Gasteiger partial charge in [0, 0.05) is 6.54 Å². The Balaban J connectivity index is 2.13. The van der Waals surface area contributed by atoms with Crippen molar-refractivity contribution in [3.05, 3.63) is 0 Å². The Bertz CT molecular complexity index is 351. The van der Waals surface area contributed by atoms with Gasteiger partial charge in [-0.3, -0.25) is 15.1 Å². The quantitative estimate of drug-likeness (QED) is 0.806. The zero-order valence-corrected chi connectivity index (χ0v) is 11.8. The van der Waals surface area contributed by atoms with E-state index < -0.39 is 0 Å². The third-order valence-electron chi connectivity index (χ3n) is 4.16. The van der Waals surface area contributed by atoms with Crippen LogP contribution in [-0.4, -0.2) is 24.0 Å². The number of aliphatic imine (C=N–C) groups is 1. The van der Waals surface area contributed by atoms with E-state index in [-0.39, 0.29) is 11.4 Å². The van der Waals surface area contributed by atoms with E-state index in [1.54, 1.807) is 0 Å². The molecular formula is C14H25N3O. The van der Waals surface area contributed by atoms with Gasteiger partial charge in [0.2, 0.25) is 0 Å². The first-order chi connectivity index (χ1) is 8.58. The molecule has 2 unspecified atom stereocenters. The number of nitrogens with zero attached hydrogens (tertiary/aromatic N) is 1. The molecule has 1 amide bonds. The Morgan fingerprint density at radius 2 is 2.22 bits per heavy atom. The van der Waals surface area contributed by atoms with Crippen LogP contribution < -0.4 is 10.6 Å². The van der Waals surface area contributed by atoms with E-state index in [9.17, 15) is 4.79 Å². The van der Waals surface area contributed by atoms with Crippen molar-refractivity contribution in [1.29, 1.82) is 0 Å². The van der Waals surface area contributed by atoms with Crippen LogP contribution in [0.2, 0.25) is 0 Å². The topological polar surface area (TPSA) is 53.5 Å². The SMILES string of the molecule is CCC1CCCCC12NC(=NCC(C)C)NC2=O. The normalized spacial score (nSPS) is 34.1. The molecule has 2 atom stereocenters. The van der Waals surface area contributed by atoms with E-state index in [0.717, 1.165) is 32.2 Å². The summed E-state index contributed by atoms with van der Waals surface area (Å²) in [6.07, 6.45) is 5.52. The monoisotopic (exact) mass is 251 g/mol. The molecule has 1 spiro atoms. The number of carbonyl (C=O) groups excluding carboxylic acids is 1. The molecular weight excluding hydrogens is 226 g/mol. The van der Waals surface area contributed by atoms with Gasteiger partial charge >= 0.3 is 0 Å². The van der Waals surface area contributed by atoms with Crippen LogP contribution in [0.5, 0.6) is 0 Å². The molecule has 0 aromatic rings. The Morgan fingerprint density at radius 1 is 1.44 bits per heavy atom. The molecule has 0 aromatic heterocycles. The standard InChI is InChI=1S/C14H25N3O/c1-4-11-7-5-6-8-14(11)12(18)16-13(17-14)15-9-10(2)3/h10-11H,4-9H2,1-3H3,(H2,15,16,17,18). The van der Waals surface area contributed by atoms with Crippen LogP contribution >= 0.6 is 0 Å². The lowest BCUT2D eigenvalue weighted by Gasteiger charge is -2.38. The van der Waals surface area contributed by atoms with Gasteiger partial charge in [0.15, 0.2) is 5.96 Å². The molecule has 4 nitrogen and oxygen atoms in total. The fourth-order valence-electron chi connectivity index (χ4n) is 3.13. The maximum absolute atomic E-state index is 12.3. The van der Waals surface area contributed by atoms with Gasteiger partial charge in [-0.1, -0.05) is 40.0 Å². The number of hydrogen-bond donors (Lipinski definition) is 2. The van der Waals surface area contributed by atoms with Gasteiger partial charge in [-0.15, -0.1) is 0 Å². The van der Waals surface area contributed by atoms with Crippen LogP contribution in [0, 0.1) is 11.8 Å². The highest BCUT2D eigenvalue weighted by Gasteiger charge is 2.50. The number of hydrogen-bond acceptors (Lipinski definition) is 2. The highest BCUT2D eigenvalue weighted by Crippen LogP contribution is 2.37. The molecule has 0 bridgehead atoms. The molecule has 2 fully saturated rings. The first kappa shape index (κ1) is 13.4. The van der Waals surface area contributed by atoms with Gasteiger partial charge < -0.3 is 5.32 Å². The third-order valence-corrected chi connectivity index (χ3v) is 4.16. The van der Waals surface area contributed by atoms with Crippen LogP contribution in [0.4, 0.5) is 0 Å². The van der Waals surface area contributed by atoms with Crippen molar-refractivity contribution in [3.8, 4) is 0 Å². The maximum Gasteiger partial charge on any atom is 0.252 e. The lowest BCUT2D eigenvalue weighted by Crippen LogP contribution is -2.54. The Labute approximate surface area is 110 Å². The molecule has 1 saturated carbocycles. The predicted molar refractivity (Wildman–Crippen MR) is 73.4 cm³/mol. The van der Waals surface area contributed by atoms with Gasteiger partial charge in [0.05, 0.1) is 0 Å². The van der Waals surface area contributed by atoms with Crippen molar-refractivity contribution in [2.75, 3.05) is 6.54 Å². The lowest BCUT2D eigenvalue weighted by molar-refractivity contribution is -0.127. The molecule has 1 aliphatic carbocycles. The highest BCUT2D eigenvalue weighted by molar-refractivity contribution is 6.09. The highest BCUT2D eigenvalue weighted by atomic mass is 16.2. The van der Waals surface area contributed by atoms with Crippen molar-refractivity contribution >= 4 is 11.9 Å². The summed E-state index contributed by atoms with van der Waals surface area (Å²) in [7, 11) is 0. The Kier molecular flexibility index (Phi) is 3.93. The minimum Gasteiger partial charge on any atom is -0.341 e. The lowest BCUT2D eigenvalue weighted by atomic mass is 9.71. The fourth-order valence-corrected chi connectivity index (χ4v) is 3.13. The molecule has 1 saturated heterocycles. The average molecular weight is 251 g/mol. The molecule has 1 aliphatic heterocycles. The van der Waals surface area contributed by atoms with Crippen molar-refractivity contribution in [1.82, 2.24) is 10.6 Å². The zero-order valence-electron chi connectivity index (χ0n) is 11.8. The van der Waals surface area contributed by atoms with Crippen LogP contribution in [-0.2, 0) is 4.79 Å². The first-order valence-electron chi connectivity index (χ1n) is 7.22. The van der Waals surface area contributed by atoms with Gasteiger partial charge in [0.1, 0.15) is 5.54 Å². The van der Waals surface area contributed by atoms with Gasteiger partial charge in [-0.05, 0) is 24.7 Å². The Hall–Kier alpha value is -1.06. The van der Waals surface area contributed by atoms with Gasteiger partial charge in [0.25, 0.3) is 5.91 Å². The second-order valence-corrected chi connectivity index (χ2v) is 5.98. The van der Waals surface area contributed by atoms with Crippen LogP contribution in [0.15, 0.2) is 4.99 Å². The van der Waals surface area contributed by atoms with Gasteiger partial charge in [-0.2, -0.15) is 0 Å². The molecule has 18 heavy (non-hydrogen) atoms. The molecule has 102 valence electrons. The van der Waals surface area contributed by atoms with Crippen molar-refractivity contribution in [3.63, 3.8) is 0 Å². The summed E-state index contributed by atoms with van der Waals surface area (Å²) in [5, 5.41) is 6.34. The second-order valence-electron chi connectivity index (χ2n) is 5.98. The van der Waals surface area contributed by atoms with Gasteiger partial charge in [-0.25, -0.2) is 0 Å². The minimum absolute atomic E-state index is 0.136. The summed E-state index contributed by atoms with van der Waals surface area (Å²) in [4.78, 5) is 16.8. The minimum atomic E-state index is -0.372. The summed E-state index contributed by atoms with van der Waals surface area (Å²) in [6, 6.07) is 0. The molecule has 1 heterocycles. The van der Waals surface area contributed by atoms with E-state index in [4.69, 9.17) is 0 Å². The first-order valence-corrected chi connectivity index (χ1v) is 7.22. The van der Waals surface area contributed by atoms with Crippen LogP contribution in [0.1, 0.15) is 52.9 Å². The molecule has 0 radical (unpaired) electrons. The molecule has 0 aromatic carbocycles. The zero-order chi connectivity index (χ0) is 13.2. The summed E-state index contributed by atoms with van der Waals surface area (Å²) < 4.78 is 0. The summed E-state index contributed by atoms with van der Waals surface area (Å²) in [5.41, 5.74) is -0.372. The average Bonchev–Trinajstić information content (AvgIpc) is 2.65. The summed E-state index contributed by atoms with van der Waals surface area (Å²) in [6.45, 7) is 7.20. The van der Waals surface area contributed by atoms with Crippen molar-refractivity contribution in [2.45, 2.75) is 58.4 Å². The number of carbonyl (C=O) groups is 1. The molecule has 2 rings (SSSR count). The molecule has 2 aliphatic rings. The van der Waals surface area contributed by atoms with Crippen molar-refractivity contribution in [2.24, 2.45) is 16.8 Å². The number of guanidine groups is 1. The van der Waals surface area contributed by atoms with Crippen LogP contribution in [0.3, 0.4) is 0 Å². The second kappa shape index (κ2) is 5.29. The number of nitrogens with one attached hydrogen (secondary N) is 2. The van der Waals surface area contributed by atoms with Crippen LogP contribution in [0.25, 0.3) is 0 Å². The number of amides is 1. The number of rotatable bonds is 3. The summed E-state index contributed by atoms with van der Waals surface area (Å²) >= 11 is 0. The Morgan fingerprint density at radius 3 is 2.89 bits per heavy atom. The predicted octanol–water partition coefficient (Wildman–Crippen LogP) is 2.06. The van der Waals surface area contributed by atoms with E-state index in [2.05, 4.69) is 36.4 Å². The largest absolute Gasteiger partial charge is 0.341 e. The fraction of sp³-hybridized carbons (Fsp3) is 0.857.